The lowest BCUT2D eigenvalue weighted by Gasteiger charge is -2.29. The van der Waals surface area contributed by atoms with Crippen LogP contribution >= 0.6 is 0 Å². The van der Waals surface area contributed by atoms with Crippen LogP contribution < -0.4 is 0 Å². The van der Waals surface area contributed by atoms with Gasteiger partial charge in [-0.25, -0.2) is 8.78 Å². The summed E-state index contributed by atoms with van der Waals surface area (Å²) in [6.07, 6.45) is 7.15. The third kappa shape index (κ3) is 7.67. The number of unbranched alkanes of at least 4 members (excludes halogenated alkanes) is 2. The van der Waals surface area contributed by atoms with E-state index in [1.54, 1.807) is 12.1 Å². The first-order valence-electron chi connectivity index (χ1n) is 14.1. The first-order valence-corrected chi connectivity index (χ1v) is 14.1. The second-order valence-corrected chi connectivity index (χ2v) is 11.2. The van der Waals surface area contributed by atoms with E-state index in [-0.39, 0.29) is 17.8 Å². The standard InChI is InChI=1S/C32H39F5/c1-2-3-4-5-22-6-8-23(9-7-22)24-10-12-25(13-11-24)28-18-19-29(30(33)20-28)26-14-16-27(17-15-26)31(34)21-32(35,36)37/h10-13,18-23,26-27H,2-9,14-17H2,1H3/b31-21-. The molecule has 0 bridgehead atoms. The Bertz CT molecular complexity index is 1020. The molecule has 0 nitrogen and oxygen atoms in total. The summed E-state index contributed by atoms with van der Waals surface area (Å²) in [5.41, 5.74) is 3.75. The number of hydrogen-bond donors (Lipinski definition) is 0. The number of benzene rings is 2. The van der Waals surface area contributed by atoms with Crippen LogP contribution in [0.5, 0.6) is 0 Å². The van der Waals surface area contributed by atoms with Crippen LogP contribution in [0.4, 0.5) is 22.0 Å². The number of alkyl halides is 3. The molecule has 202 valence electrons. The second-order valence-electron chi connectivity index (χ2n) is 11.2. The van der Waals surface area contributed by atoms with Gasteiger partial charge in [0.15, 0.2) is 0 Å². The third-order valence-electron chi connectivity index (χ3n) is 8.64. The van der Waals surface area contributed by atoms with Crippen molar-refractivity contribution in [2.75, 3.05) is 0 Å². The molecule has 0 atom stereocenters. The molecule has 0 aromatic heterocycles. The molecule has 2 aliphatic carbocycles. The Hall–Kier alpha value is -2.17. The zero-order chi connectivity index (χ0) is 26.4. The van der Waals surface area contributed by atoms with E-state index in [9.17, 15) is 17.6 Å². The lowest BCUT2D eigenvalue weighted by molar-refractivity contribution is -0.0820. The van der Waals surface area contributed by atoms with Gasteiger partial charge < -0.3 is 0 Å². The van der Waals surface area contributed by atoms with Gasteiger partial charge in [0.2, 0.25) is 0 Å². The van der Waals surface area contributed by atoms with Crippen molar-refractivity contribution in [3.05, 3.63) is 71.3 Å². The minimum Gasteiger partial charge on any atom is -0.212 e. The van der Waals surface area contributed by atoms with E-state index in [0.717, 1.165) is 17.0 Å². The zero-order valence-electron chi connectivity index (χ0n) is 21.8. The summed E-state index contributed by atoms with van der Waals surface area (Å²) in [4.78, 5) is 0. The molecule has 0 spiro atoms. The summed E-state index contributed by atoms with van der Waals surface area (Å²) in [5, 5.41) is 0. The van der Waals surface area contributed by atoms with Crippen molar-refractivity contribution < 1.29 is 22.0 Å². The van der Waals surface area contributed by atoms with Crippen molar-refractivity contribution in [3.8, 4) is 11.1 Å². The van der Waals surface area contributed by atoms with E-state index < -0.39 is 17.9 Å². The Balaban J connectivity index is 1.33. The molecule has 2 aromatic carbocycles. The van der Waals surface area contributed by atoms with Gasteiger partial charge in [0.25, 0.3) is 0 Å². The molecule has 2 saturated carbocycles. The monoisotopic (exact) mass is 518 g/mol. The first-order chi connectivity index (χ1) is 17.7. The van der Waals surface area contributed by atoms with E-state index in [1.165, 1.54) is 56.9 Å². The molecule has 0 N–H and O–H groups in total. The molecule has 37 heavy (non-hydrogen) atoms. The summed E-state index contributed by atoms with van der Waals surface area (Å²) >= 11 is 0. The van der Waals surface area contributed by atoms with Crippen molar-refractivity contribution in [3.63, 3.8) is 0 Å². The maximum atomic E-state index is 15.1. The largest absolute Gasteiger partial charge is 0.412 e. The summed E-state index contributed by atoms with van der Waals surface area (Å²) in [5.74, 6) is -0.725. The van der Waals surface area contributed by atoms with Gasteiger partial charge in [0.1, 0.15) is 11.6 Å². The number of rotatable bonds is 8. The van der Waals surface area contributed by atoms with Crippen LogP contribution in [0.2, 0.25) is 0 Å². The lowest BCUT2D eigenvalue weighted by atomic mass is 9.77. The van der Waals surface area contributed by atoms with Crippen LogP contribution in [-0.2, 0) is 0 Å². The summed E-state index contributed by atoms with van der Waals surface area (Å²) in [6, 6.07) is 13.8. The van der Waals surface area contributed by atoms with Crippen LogP contribution in [0.1, 0.15) is 107 Å². The average molecular weight is 519 g/mol. The highest BCUT2D eigenvalue weighted by Gasteiger charge is 2.31. The molecule has 2 fully saturated rings. The fourth-order valence-electron chi connectivity index (χ4n) is 6.41. The predicted octanol–water partition coefficient (Wildman–Crippen LogP) is 11.0. The first kappa shape index (κ1) is 27.9. The van der Waals surface area contributed by atoms with Gasteiger partial charge in [-0.2, -0.15) is 13.2 Å². The van der Waals surface area contributed by atoms with Gasteiger partial charge >= 0.3 is 6.18 Å². The molecule has 0 saturated heterocycles. The van der Waals surface area contributed by atoms with Crippen molar-refractivity contribution >= 4 is 0 Å². The molecule has 0 heterocycles. The molecular formula is C32H39F5. The highest BCUT2D eigenvalue weighted by Crippen LogP contribution is 2.42. The minimum absolute atomic E-state index is 0.0940. The van der Waals surface area contributed by atoms with Crippen molar-refractivity contribution in [1.82, 2.24) is 0 Å². The molecule has 0 unspecified atom stereocenters. The Morgan fingerprint density at radius 1 is 0.811 bits per heavy atom. The summed E-state index contributed by atoms with van der Waals surface area (Å²) in [6.45, 7) is 2.25. The quantitative estimate of drug-likeness (QED) is 0.241. The van der Waals surface area contributed by atoms with Crippen LogP contribution in [0.15, 0.2) is 54.4 Å². The van der Waals surface area contributed by atoms with Crippen molar-refractivity contribution in [1.29, 1.82) is 0 Å². The number of hydrogen-bond acceptors (Lipinski definition) is 0. The fraction of sp³-hybridized carbons (Fsp3) is 0.562. The van der Waals surface area contributed by atoms with Crippen molar-refractivity contribution in [2.24, 2.45) is 11.8 Å². The molecule has 4 rings (SSSR count). The molecule has 5 heteroatoms. The van der Waals surface area contributed by atoms with Gasteiger partial charge in [-0.05, 0) is 97.4 Å². The Morgan fingerprint density at radius 3 is 2.03 bits per heavy atom. The smallest absolute Gasteiger partial charge is 0.212 e. The molecule has 2 aliphatic rings. The highest BCUT2D eigenvalue weighted by atomic mass is 19.4. The predicted molar refractivity (Wildman–Crippen MR) is 141 cm³/mol. The highest BCUT2D eigenvalue weighted by molar-refractivity contribution is 5.64. The minimum atomic E-state index is -4.64. The van der Waals surface area contributed by atoms with Gasteiger partial charge in [0.05, 0.1) is 6.08 Å². The van der Waals surface area contributed by atoms with E-state index in [4.69, 9.17) is 0 Å². The van der Waals surface area contributed by atoms with Gasteiger partial charge in [-0.15, -0.1) is 0 Å². The molecule has 0 aliphatic heterocycles. The molecule has 0 amide bonds. The van der Waals surface area contributed by atoms with Gasteiger partial charge in [-0.3, -0.25) is 0 Å². The van der Waals surface area contributed by atoms with E-state index in [2.05, 4.69) is 31.2 Å². The molecule has 0 radical (unpaired) electrons. The zero-order valence-corrected chi connectivity index (χ0v) is 21.8. The van der Waals surface area contributed by atoms with Gasteiger partial charge in [-0.1, -0.05) is 69.0 Å². The Kier molecular flexibility index (Phi) is 9.47. The van der Waals surface area contributed by atoms with Crippen LogP contribution in [-0.4, -0.2) is 6.18 Å². The second kappa shape index (κ2) is 12.6. The Labute approximate surface area is 218 Å². The third-order valence-corrected chi connectivity index (χ3v) is 8.64. The van der Waals surface area contributed by atoms with Crippen LogP contribution in [0.25, 0.3) is 11.1 Å². The maximum Gasteiger partial charge on any atom is 0.412 e. The van der Waals surface area contributed by atoms with E-state index >= 15 is 4.39 Å². The van der Waals surface area contributed by atoms with Crippen molar-refractivity contribution in [2.45, 2.75) is 102 Å². The molecule has 2 aromatic rings. The van der Waals surface area contributed by atoms with Crippen LogP contribution in [0.3, 0.4) is 0 Å². The summed E-state index contributed by atoms with van der Waals surface area (Å²) < 4.78 is 66.3. The number of halogens is 5. The fourth-order valence-corrected chi connectivity index (χ4v) is 6.41. The van der Waals surface area contributed by atoms with E-state index in [0.29, 0.717) is 37.2 Å². The molecular weight excluding hydrogens is 479 g/mol. The maximum absolute atomic E-state index is 15.1. The van der Waals surface area contributed by atoms with Gasteiger partial charge in [0, 0.05) is 5.92 Å². The van der Waals surface area contributed by atoms with Crippen LogP contribution in [0, 0.1) is 17.7 Å². The number of allylic oxidation sites excluding steroid dienone is 2. The SMILES string of the molecule is CCCCCC1CCC(c2ccc(-c3ccc(C4CCC(/C(F)=C/C(F)(F)F)CC4)c(F)c3)cc2)CC1. The lowest BCUT2D eigenvalue weighted by Crippen LogP contribution is -2.16. The Morgan fingerprint density at radius 2 is 1.43 bits per heavy atom. The average Bonchev–Trinajstić information content (AvgIpc) is 2.88. The topological polar surface area (TPSA) is 0 Å². The summed E-state index contributed by atoms with van der Waals surface area (Å²) in [7, 11) is 0. The van der Waals surface area contributed by atoms with E-state index in [1.807, 2.05) is 6.07 Å². The normalized spacial score (nSPS) is 25.3.